The number of nitrogens with one attached hydrogen (secondary N) is 3. The van der Waals surface area contributed by atoms with Crippen molar-refractivity contribution in [3.63, 3.8) is 0 Å². The van der Waals surface area contributed by atoms with Gasteiger partial charge in [0.05, 0.1) is 12.1 Å². The van der Waals surface area contributed by atoms with E-state index in [-0.39, 0.29) is 24.7 Å². The van der Waals surface area contributed by atoms with Crippen molar-refractivity contribution in [1.82, 2.24) is 16.0 Å². The van der Waals surface area contributed by atoms with Gasteiger partial charge in [-0.3, -0.25) is 19.2 Å². The summed E-state index contributed by atoms with van der Waals surface area (Å²) in [6.07, 6.45) is 5.42. The van der Waals surface area contributed by atoms with E-state index in [1.165, 1.54) is 5.56 Å². The first-order valence-electron chi connectivity index (χ1n) is 12.4. The highest BCUT2D eigenvalue weighted by Gasteiger charge is 2.31. The Morgan fingerprint density at radius 2 is 1.71 bits per heavy atom. The van der Waals surface area contributed by atoms with E-state index in [0.29, 0.717) is 25.3 Å². The Bertz CT molecular complexity index is 781. The van der Waals surface area contributed by atoms with Crippen LogP contribution in [0.4, 0.5) is 0 Å². The highest BCUT2D eigenvalue weighted by Crippen LogP contribution is 2.33. The number of amides is 3. The first-order valence-corrected chi connectivity index (χ1v) is 12.4. The number of aldehydes is 1. The van der Waals surface area contributed by atoms with Crippen molar-refractivity contribution < 1.29 is 24.0 Å². The summed E-state index contributed by atoms with van der Waals surface area (Å²) in [5.74, 6) is -2.07. The fraction of sp³-hybridized carbons (Fsp3) is 0.577. The van der Waals surface area contributed by atoms with Crippen molar-refractivity contribution in [3.8, 4) is 0 Å². The number of carbonyl (C=O) groups is 5. The third-order valence-corrected chi connectivity index (χ3v) is 5.23. The molecule has 0 saturated heterocycles. The van der Waals surface area contributed by atoms with Gasteiger partial charge in [0.15, 0.2) is 0 Å². The van der Waals surface area contributed by atoms with Gasteiger partial charge < -0.3 is 26.5 Å². The molecular weight excluding hydrogens is 448 g/mol. The van der Waals surface area contributed by atoms with Crippen LogP contribution in [-0.4, -0.2) is 55.5 Å². The molecule has 1 saturated carbocycles. The SMILES string of the molecule is CC.CCNC(=O)CCC(NC(=O)C(CC1CC1)NC)C(=O)C(N)=O.O=CCCc1ccccc1. The topological polar surface area (TPSA) is 147 Å². The molecule has 3 amide bonds. The molecule has 0 aliphatic heterocycles. The smallest absolute Gasteiger partial charge is 0.287 e. The molecule has 1 aliphatic rings. The van der Waals surface area contributed by atoms with Crippen molar-refractivity contribution in [2.24, 2.45) is 11.7 Å². The maximum Gasteiger partial charge on any atom is 0.287 e. The number of ketones is 1. The number of hydrogen-bond donors (Lipinski definition) is 4. The lowest BCUT2D eigenvalue weighted by Gasteiger charge is -2.21. The maximum absolute atomic E-state index is 12.3. The molecule has 1 aromatic rings. The average Bonchev–Trinajstić information content (AvgIpc) is 3.70. The van der Waals surface area contributed by atoms with Gasteiger partial charge in [-0.25, -0.2) is 0 Å². The van der Waals surface area contributed by atoms with Crippen molar-refractivity contribution in [1.29, 1.82) is 0 Å². The monoisotopic (exact) mass is 490 g/mol. The number of primary amides is 1. The van der Waals surface area contributed by atoms with Crippen molar-refractivity contribution in [2.75, 3.05) is 13.6 Å². The minimum atomic E-state index is -1.12. The molecule has 2 rings (SSSR count). The summed E-state index contributed by atoms with van der Waals surface area (Å²) in [7, 11) is 1.67. The van der Waals surface area contributed by atoms with Crippen molar-refractivity contribution in [2.45, 2.75) is 77.8 Å². The van der Waals surface area contributed by atoms with E-state index in [0.717, 1.165) is 25.5 Å². The lowest BCUT2D eigenvalue weighted by molar-refractivity contribution is -0.139. The molecule has 1 aliphatic carbocycles. The fourth-order valence-electron chi connectivity index (χ4n) is 3.19. The number of nitrogens with two attached hydrogens (primary N) is 1. The van der Waals surface area contributed by atoms with Gasteiger partial charge in [-0.1, -0.05) is 57.0 Å². The lowest BCUT2D eigenvalue weighted by atomic mass is 10.0. The molecule has 2 atom stereocenters. The van der Waals surface area contributed by atoms with Gasteiger partial charge in [-0.2, -0.15) is 0 Å². The van der Waals surface area contributed by atoms with E-state index in [2.05, 4.69) is 16.0 Å². The largest absolute Gasteiger partial charge is 0.363 e. The number of hydrogen-bond acceptors (Lipinski definition) is 6. The molecule has 9 nitrogen and oxygen atoms in total. The van der Waals surface area contributed by atoms with Gasteiger partial charge in [-0.05, 0) is 44.7 Å². The maximum atomic E-state index is 12.3. The average molecular weight is 491 g/mol. The highest BCUT2D eigenvalue weighted by atomic mass is 16.2. The molecule has 0 radical (unpaired) electrons. The molecule has 1 fully saturated rings. The van der Waals surface area contributed by atoms with Crippen LogP contribution in [0.15, 0.2) is 30.3 Å². The second-order valence-electron chi connectivity index (χ2n) is 7.99. The van der Waals surface area contributed by atoms with Crippen molar-refractivity contribution in [3.05, 3.63) is 35.9 Å². The molecule has 0 bridgehead atoms. The van der Waals surface area contributed by atoms with Crippen LogP contribution in [-0.2, 0) is 30.4 Å². The van der Waals surface area contributed by atoms with Gasteiger partial charge >= 0.3 is 0 Å². The van der Waals surface area contributed by atoms with E-state index < -0.39 is 23.8 Å². The third-order valence-electron chi connectivity index (χ3n) is 5.23. The zero-order valence-corrected chi connectivity index (χ0v) is 21.5. The van der Waals surface area contributed by atoms with Crippen LogP contribution in [0.5, 0.6) is 0 Å². The molecule has 1 aromatic carbocycles. The van der Waals surface area contributed by atoms with Crippen LogP contribution in [0.2, 0.25) is 0 Å². The Hall–Kier alpha value is -3.07. The lowest BCUT2D eigenvalue weighted by Crippen LogP contribution is -2.52. The van der Waals surface area contributed by atoms with E-state index >= 15 is 0 Å². The van der Waals surface area contributed by atoms with Gasteiger partial charge in [-0.15, -0.1) is 0 Å². The number of carbonyl (C=O) groups excluding carboxylic acids is 5. The van der Waals surface area contributed by atoms with Crippen LogP contribution in [0.25, 0.3) is 0 Å². The van der Waals surface area contributed by atoms with E-state index in [9.17, 15) is 24.0 Å². The minimum absolute atomic E-state index is 0.0324. The Balaban J connectivity index is 0.000000798. The molecule has 0 spiro atoms. The molecule has 35 heavy (non-hydrogen) atoms. The van der Waals surface area contributed by atoms with Crippen LogP contribution < -0.4 is 21.7 Å². The fourth-order valence-corrected chi connectivity index (χ4v) is 3.19. The summed E-state index contributed by atoms with van der Waals surface area (Å²) in [6.45, 7) is 6.25. The quantitative estimate of drug-likeness (QED) is 0.230. The summed E-state index contributed by atoms with van der Waals surface area (Å²) in [4.78, 5) is 56.7. The first kappa shape index (κ1) is 31.9. The van der Waals surface area contributed by atoms with Gasteiger partial charge in [0, 0.05) is 19.4 Å². The minimum Gasteiger partial charge on any atom is -0.363 e. The number of likely N-dealkylation sites (N-methyl/N-ethyl adjacent to an activating group) is 1. The molecule has 196 valence electrons. The number of aryl methyl sites for hydroxylation is 1. The first-order chi connectivity index (χ1) is 16.8. The van der Waals surface area contributed by atoms with Crippen LogP contribution in [0.3, 0.4) is 0 Å². The standard InChI is InChI=1S/C15H26N4O4.C9H10O.C2H6/c1-3-18-12(20)7-6-10(13(21)14(16)22)19-15(23)11(17-2)8-9-4-5-9;10-8-4-7-9-5-2-1-3-6-9;1-2/h9-11,17H,3-8H2,1-2H3,(H2,16,22)(H,18,20)(H,19,23);1-3,5-6,8H,4,7H2;1-2H3. The van der Waals surface area contributed by atoms with Crippen LogP contribution >= 0.6 is 0 Å². The summed E-state index contributed by atoms with van der Waals surface area (Å²) in [5, 5.41) is 8.06. The molecule has 0 aromatic heterocycles. The summed E-state index contributed by atoms with van der Waals surface area (Å²) in [6, 6.07) is 8.52. The van der Waals surface area contributed by atoms with Gasteiger partial charge in [0.1, 0.15) is 6.29 Å². The second kappa shape index (κ2) is 19.3. The number of rotatable bonds is 14. The zero-order chi connectivity index (χ0) is 26.6. The van der Waals surface area contributed by atoms with E-state index in [1.807, 2.05) is 44.2 Å². The van der Waals surface area contributed by atoms with E-state index in [4.69, 9.17) is 5.73 Å². The molecule has 9 heteroatoms. The van der Waals surface area contributed by atoms with Crippen LogP contribution in [0.1, 0.15) is 64.9 Å². The predicted octanol–water partition coefficient (Wildman–Crippen LogP) is 1.67. The molecule has 2 unspecified atom stereocenters. The molecule has 5 N–H and O–H groups in total. The molecular formula is C26H42N4O5. The van der Waals surface area contributed by atoms with Crippen LogP contribution in [0, 0.1) is 5.92 Å². The Kier molecular flexibility index (Phi) is 17.6. The summed E-state index contributed by atoms with van der Waals surface area (Å²) in [5.41, 5.74) is 6.25. The number of benzene rings is 1. The van der Waals surface area contributed by atoms with Gasteiger partial charge in [0.2, 0.25) is 17.6 Å². The Morgan fingerprint density at radius 1 is 1.09 bits per heavy atom. The molecule has 0 heterocycles. The Morgan fingerprint density at radius 3 is 2.20 bits per heavy atom. The van der Waals surface area contributed by atoms with E-state index in [1.54, 1.807) is 14.0 Å². The normalized spacial score (nSPS) is 13.5. The number of Topliss-reactive ketones (excluding diaryl/α,β-unsaturated/α-hetero) is 1. The zero-order valence-electron chi connectivity index (χ0n) is 21.5. The summed E-state index contributed by atoms with van der Waals surface area (Å²) < 4.78 is 0. The Labute approximate surface area is 209 Å². The summed E-state index contributed by atoms with van der Waals surface area (Å²) >= 11 is 0. The third kappa shape index (κ3) is 14.7. The van der Waals surface area contributed by atoms with Crippen molar-refractivity contribution >= 4 is 29.8 Å². The van der Waals surface area contributed by atoms with Gasteiger partial charge in [0.25, 0.3) is 5.91 Å². The highest BCUT2D eigenvalue weighted by molar-refractivity contribution is 6.37. The second-order valence-corrected chi connectivity index (χ2v) is 7.99. The predicted molar refractivity (Wildman–Crippen MR) is 136 cm³/mol.